The van der Waals surface area contributed by atoms with Crippen LogP contribution >= 0.6 is 0 Å². The molecule has 3 N–H and O–H groups in total. The number of rotatable bonds is 10. The minimum Gasteiger partial charge on any atom is -0.481 e. The first-order valence-electron chi connectivity index (χ1n) is 5.94. The molecule has 0 aliphatic rings. The fraction of sp³-hybridized carbons (Fsp3) is 0.800. The van der Waals surface area contributed by atoms with E-state index in [9.17, 15) is 31.2 Å². The maximum Gasteiger partial charge on any atom is 0.389 e. The molecule has 7 nitrogen and oxygen atoms in total. The van der Waals surface area contributed by atoms with Gasteiger partial charge in [-0.2, -0.15) is 13.2 Å². The number of alkyl halides is 3. The Bertz CT molecular complexity index is 462. The van der Waals surface area contributed by atoms with E-state index in [4.69, 9.17) is 10.2 Å². The third-order valence-corrected chi connectivity index (χ3v) is 3.85. The fourth-order valence-corrected chi connectivity index (χ4v) is 2.72. The molecule has 0 bridgehead atoms. The third kappa shape index (κ3) is 11.0. The second kappa shape index (κ2) is 8.17. The molecule has 0 saturated heterocycles. The van der Waals surface area contributed by atoms with Crippen LogP contribution < -0.4 is 4.72 Å². The summed E-state index contributed by atoms with van der Waals surface area (Å²) >= 11 is 0. The number of sulfonamides is 1. The van der Waals surface area contributed by atoms with Crippen LogP contribution in [0.5, 0.6) is 0 Å². The number of hydrogen-bond donors (Lipinski definition) is 3. The van der Waals surface area contributed by atoms with Crippen LogP contribution in [0.4, 0.5) is 13.2 Å². The first kappa shape index (κ1) is 19.6. The second-order valence-corrected chi connectivity index (χ2v) is 6.21. The number of carbonyl (C=O) groups is 2. The van der Waals surface area contributed by atoms with E-state index in [1.54, 1.807) is 4.72 Å². The van der Waals surface area contributed by atoms with Crippen molar-refractivity contribution in [3.8, 4) is 0 Å². The highest BCUT2D eigenvalue weighted by Crippen LogP contribution is 2.21. The summed E-state index contributed by atoms with van der Waals surface area (Å²) in [5.74, 6) is -3.53. The summed E-state index contributed by atoms with van der Waals surface area (Å²) in [5.41, 5.74) is 0. The molecular formula is C10H16F3NO6S. The Labute approximate surface area is 119 Å². The van der Waals surface area contributed by atoms with Crippen molar-refractivity contribution in [1.29, 1.82) is 0 Å². The van der Waals surface area contributed by atoms with Crippen molar-refractivity contribution in [3.05, 3.63) is 0 Å². The van der Waals surface area contributed by atoms with E-state index in [1.165, 1.54) is 0 Å². The summed E-state index contributed by atoms with van der Waals surface area (Å²) in [5, 5.41) is 17.2. The van der Waals surface area contributed by atoms with Crippen LogP contribution in [-0.2, 0) is 19.6 Å². The lowest BCUT2D eigenvalue weighted by atomic mass is 10.1. The Morgan fingerprint density at radius 1 is 1.14 bits per heavy atom. The smallest absolute Gasteiger partial charge is 0.389 e. The Morgan fingerprint density at radius 3 is 2.14 bits per heavy atom. The van der Waals surface area contributed by atoms with Crippen LogP contribution in [0.15, 0.2) is 0 Å². The molecule has 0 aromatic heterocycles. The van der Waals surface area contributed by atoms with Gasteiger partial charge >= 0.3 is 18.1 Å². The first-order valence-corrected chi connectivity index (χ1v) is 7.59. The minimum atomic E-state index is -4.48. The number of aliphatic carboxylic acids is 2. The van der Waals surface area contributed by atoms with Gasteiger partial charge in [-0.1, -0.05) is 0 Å². The number of hydrogen-bond acceptors (Lipinski definition) is 4. The Balaban J connectivity index is 4.41. The lowest BCUT2D eigenvalue weighted by Crippen LogP contribution is -2.42. The van der Waals surface area contributed by atoms with Crippen LogP contribution in [-0.4, -0.2) is 48.5 Å². The quantitative estimate of drug-likeness (QED) is 0.547. The summed E-state index contributed by atoms with van der Waals surface area (Å²) in [4.78, 5) is 21.1. The SMILES string of the molecule is O=C(O)CCC[C@@H](NS(=O)(=O)CCCC(F)(F)F)C(=O)O. The van der Waals surface area contributed by atoms with E-state index in [1.807, 2.05) is 0 Å². The highest BCUT2D eigenvalue weighted by Gasteiger charge is 2.29. The molecule has 0 aliphatic carbocycles. The van der Waals surface area contributed by atoms with Gasteiger partial charge in [0.2, 0.25) is 10.0 Å². The molecular weight excluding hydrogens is 319 g/mol. The molecule has 0 heterocycles. The van der Waals surface area contributed by atoms with Crippen LogP contribution in [0.25, 0.3) is 0 Å². The summed E-state index contributed by atoms with van der Waals surface area (Å²) in [7, 11) is -4.18. The van der Waals surface area contributed by atoms with Crippen molar-refractivity contribution >= 4 is 22.0 Å². The van der Waals surface area contributed by atoms with Crippen LogP contribution in [0.1, 0.15) is 32.1 Å². The lowest BCUT2D eigenvalue weighted by Gasteiger charge is -2.14. The van der Waals surface area contributed by atoms with E-state index in [0.717, 1.165) is 0 Å². The summed E-state index contributed by atoms with van der Waals surface area (Å²) < 4.78 is 60.4. The molecule has 0 fully saturated rings. The van der Waals surface area contributed by atoms with Crippen LogP contribution in [0.3, 0.4) is 0 Å². The molecule has 0 rings (SSSR count). The molecule has 21 heavy (non-hydrogen) atoms. The molecule has 0 amide bonds. The van der Waals surface area contributed by atoms with E-state index in [0.29, 0.717) is 0 Å². The molecule has 0 radical (unpaired) electrons. The van der Waals surface area contributed by atoms with Crippen molar-refractivity contribution in [2.45, 2.75) is 44.3 Å². The van der Waals surface area contributed by atoms with Gasteiger partial charge in [0.25, 0.3) is 0 Å². The average molecular weight is 335 g/mol. The van der Waals surface area contributed by atoms with Gasteiger partial charge in [-0.3, -0.25) is 9.59 Å². The summed E-state index contributed by atoms with van der Waals surface area (Å²) in [6, 6.07) is -1.56. The predicted octanol–water partition coefficient (Wildman–Crippen LogP) is 0.956. The number of carboxylic acid groups (broad SMARTS) is 2. The third-order valence-electron chi connectivity index (χ3n) is 2.38. The van der Waals surface area contributed by atoms with Crippen molar-refractivity contribution in [1.82, 2.24) is 4.72 Å². The molecule has 11 heteroatoms. The van der Waals surface area contributed by atoms with Crippen molar-refractivity contribution in [2.75, 3.05) is 5.75 Å². The zero-order chi connectivity index (χ0) is 16.7. The Hall–Kier alpha value is -1.36. The van der Waals surface area contributed by atoms with Crippen molar-refractivity contribution < 1.29 is 41.4 Å². The fourth-order valence-electron chi connectivity index (χ4n) is 1.43. The monoisotopic (exact) mass is 335 g/mol. The number of carboxylic acids is 2. The van der Waals surface area contributed by atoms with Gasteiger partial charge in [-0.25, -0.2) is 13.1 Å². The summed E-state index contributed by atoms with van der Waals surface area (Å²) in [6.45, 7) is 0. The molecule has 0 aromatic rings. The molecule has 124 valence electrons. The van der Waals surface area contributed by atoms with E-state index >= 15 is 0 Å². The summed E-state index contributed by atoms with van der Waals surface area (Å²) in [6.07, 6.45) is -7.12. The highest BCUT2D eigenvalue weighted by atomic mass is 32.2. The Morgan fingerprint density at radius 2 is 1.71 bits per heavy atom. The molecule has 0 aromatic carbocycles. The highest BCUT2D eigenvalue weighted by molar-refractivity contribution is 7.89. The van der Waals surface area contributed by atoms with Crippen molar-refractivity contribution in [3.63, 3.8) is 0 Å². The molecule has 0 unspecified atom stereocenters. The average Bonchev–Trinajstić information content (AvgIpc) is 2.24. The predicted molar refractivity (Wildman–Crippen MR) is 65.1 cm³/mol. The van der Waals surface area contributed by atoms with E-state index in [-0.39, 0.29) is 19.3 Å². The zero-order valence-electron chi connectivity index (χ0n) is 10.9. The first-order chi connectivity index (χ1) is 9.43. The topological polar surface area (TPSA) is 121 Å². The normalized spacial score (nSPS) is 13.9. The van der Waals surface area contributed by atoms with E-state index in [2.05, 4.69) is 0 Å². The van der Waals surface area contributed by atoms with Gasteiger partial charge in [0, 0.05) is 12.8 Å². The van der Waals surface area contributed by atoms with E-state index < -0.39 is 52.8 Å². The molecule has 1 atom stereocenters. The van der Waals surface area contributed by atoms with Gasteiger partial charge in [0.05, 0.1) is 5.75 Å². The second-order valence-electron chi connectivity index (χ2n) is 4.33. The van der Waals surface area contributed by atoms with Crippen molar-refractivity contribution in [2.24, 2.45) is 0 Å². The van der Waals surface area contributed by atoms with Crippen LogP contribution in [0, 0.1) is 0 Å². The minimum absolute atomic E-state index is 0.0721. The van der Waals surface area contributed by atoms with Crippen LogP contribution in [0.2, 0.25) is 0 Å². The number of halogens is 3. The number of nitrogens with one attached hydrogen (secondary N) is 1. The molecule has 0 saturated carbocycles. The van der Waals surface area contributed by atoms with Gasteiger partial charge in [0.15, 0.2) is 0 Å². The van der Waals surface area contributed by atoms with Gasteiger partial charge < -0.3 is 10.2 Å². The van der Waals surface area contributed by atoms with Gasteiger partial charge in [-0.05, 0) is 19.3 Å². The Kier molecular flexibility index (Phi) is 7.64. The molecule has 0 aliphatic heterocycles. The zero-order valence-corrected chi connectivity index (χ0v) is 11.7. The maximum absolute atomic E-state index is 11.9. The molecule has 0 spiro atoms. The lowest BCUT2D eigenvalue weighted by molar-refractivity contribution is -0.140. The van der Waals surface area contributed by atoms with Gasteiger partial charge in [-0.15, -0.1) is 0 Å². The van der Waals surface area contributed by atoms with Gasteiger partial charge in [0.1, 0.15) is 6.04 Å². The maximum atomic E-state index is 11.9. The largest absolute Gasteiger partial charge is 0.481 e. The standard InChI is InChI=1S/C10H16F3NO6S/c11-10(12,13)5-2-6-21(19,20)14-7(9(17)18)3-1-4-8(15)16/h7,14H,1-6H2,(H,15,16)(H,17,18)/t7-/m1/s1.